The number of hydrazine groups is 1. The zero-order valence-electron chi connectivity index (χ0n) is 7.33. The molecule has 1 aromatic rings. The first-order valence-corrected chi connectivity index (χ1v) is 4.14. The van der Waals surface area contributed by atoms with E-state index >= 15 is 0 Å². The van der Waals surface area contributed by atoms with Gasteiger partial charge < -0.3 is 0 Å². The molecule has 0 radical (unpaired) electrons. The second-order valence-corrected chi connectivity index (χ2v) is 3.51. The molecule has 0 spiro atoms. The monoisotopic (exact) mass is 208 g/mol. The second-order valence-electron chi connectivity index (χ2n) is 2.24. The van der Waals surface area contributed by atoms with Crippen molar-refractivity contribution >= 4 is 28.7 Å². The van der Waals surface area contributed by atoms with Crippen LogP contribution < -0.4 is 10.6 Å². The lowest BCUT2D eigenvalue weighted by Crippen LogP contribution is -2.32. The Labute approximate surface area is 82.7 Å². The third-order valence-electron chi connectivity index (χ3n) is 1.28. The number of nitrogens with zero attached hydrogens (tertiary/aromatic N) is 1. The summed E-state index contributed by atoms with van der Waals surface area (Å²) in [6.45, 7) is 2.08. The molecule has 0 aromatic carbocycles. The minimum atomic E-state index is 0. The van der Waals surface area contributed by atoms with Crippen molar-refractivity contribution in [1.82, 2.24) is 5.59 Å². The van der Waals surface area contributed by atoms with Gasteiger partial charge in [-0.3, -0.25) is 9.85 Å². The summed E-state index contributed by atoms with van der Waals surface area (Å²) >= 11 is 1.72. The molecule has 0 fully saturated rings. The van der Waals surface area contributed by atoms with Gasteiger partial charge in [0.1, 0.15) is 5.00 Å². The van der Waals surface area contributed by atoms with Gasteiger partial charge in [0.2, 0.25) is 0 Å². The van der Waals surface area contributed by atoms with Crippen LogP contribution in [0.2, 0.25) is 0 Å². The Bertz CT molecular complexity index is 229. The summed E-state index contributed by atoms with van der Waals surface area (Å²) in [5.41, 5.74) is 2.72. The van der Waals surface area contributed by atoms with Crippen LogP contribution in [0.25, 0.3) is 0 Å². The highest BCUT2D eigenvalue weighted by Gasteiger charge is 2.00. The fourth-order valence-electron chi connectivity index (χ4n) is 0.784. The van der Waals surface area contributed by atoms with Crippen molar-refractivity contribution in [3.63, 3.8) is 0 Å². The van der Waals surface area contributed by atoms with Gasteiger partial charge in [0, 0.05) is 11.9 Å². The van der Waals surface area contributed by atoms with Crippen LogP contribution in [0.15, 0.2) is 12.1 Å². The average Bonchev–Trinajstić information content (AvgIpc) is 2.36. The molecule has 70 valence electrons. The van der Waals surface area contributed by atoms with Crippen molar-refractivity contribution in [3.05, 3.63) is 17.0 Å². The Morgan fingerprint density at radius 2 is 2.17 bits per heavy atom. The molecule has 0 atom stereocenters. The number of aryl methyl sites for hydroxylation is 1. The van der Waals surface area contributed by atoms with Crippen molar-refractivity contribution in [2.45, 2.75) is 6.92 Å². The van der Waals surface area contributed by atoms with Gasteiger partial charge in [0.15, 0.2) is 0 Å². The largest absolute Gasteiger partial charge is 0.285 e. The molecule has 5 heteroatoms. The third-order valence-corrected chi connectivity index (χ3v) is 2.36. The Morgan fingerprint density at radius 1 is 1.50 bits per heavy atom. The minimum Gasteiger partial charge on any atom is -0.285 e. The molecule has 0 bridgehead atoms. The Kier molecular flexibility index (Phi) is 5.24. The molecule has 12 heavy (non-hydrogen) atoms. The van der Waals surface area contributed by atoms with Crippen LogP contribution in [0.3, 0.4) is 0 Å². The van der Waals surface area contributed by atoms with Crippen molar-refractivity contribution in [1.29, 1.82) is 0 Å². The third kappa shape index (κ3) is 2.98. The SMILES string of the molecule is CONN(C)c1ccc(C)s1.Cl. The number of nitrogens with one attached hydrogen (secondary N) is 1. The van der Waals surface area contributed by atoms with Gasteiger partial charge >= 0.3 is 0 Å². The van der Waals surface area contributed by atoms with E-state index in [1.807, 2.05) is 18.1 Å². The first-order chi connectivity index (χ1) is 5.24. The summed E-state index contributed by atoms with van der Waals surface area (Å²) in [7, 11) is 3.51. The maximum atomic E-state index is 4.75. The zero-order chi connectivity index (χ0) is 8.27. The minimum absolute atomic E-state index is 0. The number of anilines is 1. The Morgan fingerprint density at radius 3 is 2.58 bits per heavy atom. The van der Waals surface area contributed by atoms with Crippen LogP contribution >= 0.6 is 23.7 Å². The average molecular weight is 209 g/mol. The van der Waals surface area contributed by atoms with Crippen molar-refractivity contribution < 1.29 is 4.84 Å². The van der Waals surface area contributed by atoms with E-state index in [1.165, 1.54) is 4.88 Å². The maximum Gasteiger partial charge on any atom is 0.107 e. The molecule has 0 aliphatic carbocycles. The maximum absolute atomic E-state index is 4.75. The van der Waals surface area contributed by atoms with Gasteiger partial charge in [-0.25, -0.2) is 0 Å². The Hall–Kier alpha value is -0.290. The molecule has 0 unspecified atom stereocenters. The molecule has 0 amide bonds. The molecule has 1 aromatic heterocycles. The quantitative estimate of drug-likeness (QED) is 0.769. The van der Waals surface area contributed by atoms with Crippen LogP contribution in [-0.2, 0) is 4.84 Å². The van der Waals surface area contributed by atoms with E-state index in [2.05, 4.69) is 18.6 Å². The molecule has 0 aliphatic rings. The van der Waals surface area contributed by atoms with Crippen molar-refractivity contribution in [2.75, 3.05) is 19.2 Å². The fourth-order valence-corrected chi connectivity index (χ4v) is 1.56. The molecule has 1 N–H and O–H groups in total. The van der Waals surface area contributed by atoms with E-state index in [4.69, 9.17) is 4.84 Å². The van der Waals surface area contributed by atoms with Crippen LogP contribution in [0.1, 0.15) is 4.88 Å². The number of rotatable bonds is 3. The summed E-state index contributed by atoms with van der Waals surface area (Å²) < 4.78 is 0. The number of thiophene rings is 1. The highest BCUT2D eigenvalue weighted by Crippen LogP contribution is 2.22. The number of halogens is 1. The Balaban J connectivity index is 0.00000121. The van der Waals surface area contributed by atoms with E-state index in [0.717, 1.165) is 5.00 Å². The second kappa shape index (κ2) is 5.37. The molecular weight excluding hydrogens is 196 g/mol. The van der Waals surface area contributed by atoms with E-state index in [-0.39, 0.29) is 12.4 Å². The van der Waals surface area contributed by atoms with Crippen LogP contribution in [-0.4, -0.2) is 14.2 Å². The summed E-state index contributed by atoms with van der Waals surface area (Å²) in [6, 6.07) is 4.12. The summed E-state index contributed by atoms with van der Waals surface area (Å²) in [4.78, 5) is 6.05. The van der Waals surface area contributed by atoms with Crippen molar-refractivity contribution in [3.8, 4) is 0 Å². The smallest absolute Gasteiger partial charge is 0.107 e. The first kappa shape index (κ1) is 11.7. The first-order valence-electron chi connectivity index (χ1n) is 3.33. The van der Waals surface area contributed by atoms with Crippen LogP contribution in [0, 0.1) is 6.92 Å². The fraction of sp³-hybridized carbons (Fsp3) is 0.429. The van der Waals surface area contributed by atoms with E-state index in [1.54, 1.807) is 18.4 Å². The van der Waals surface area contributed by atoms with Gasteiger partial charge in [0.05, 0.1) is 7.11 Å². The van der Waals surface area contributed by atoms with Crippen LogP contribution in [0.4, 0.5) is 5.00 Å². The van der Waals surface area contributed by atoms with Crippen molar-refractivity contribution in [2.24, 2.45) is 0 Å². The highest BCUT2D eigenvalue weighted by molar-refractivity contribution is 7.16. The molecule has 0 saturated carbocycles. The number of hydrogen-bond donors (Lipinski definition) is 1. The predicted molar refractivity (Wildman–Crippen MR) is 54.9 cm³/mol. The summed E-state index contributed by atoms with van der Waals surface area (Å²) in [5.74, 6) is 0. The predicted octanol–water partition coefficient (Wildman–Crippen LogP) is 1.98. The molecular formula is C7H13ClN2OS. The van der Waals surface area contributed by atoms with E-state index < -0.39 is 0 Å². The van der Waals surface area contributed by atoms with Gasteiger partial charge in [-0.15, -0.1) is 29.3 Å². The van der Waals surface area contributed by atoms with Crippen LogP contribution in [0.5, 0.6) is 0 Å². The molecule has 3 nitrogen and oxygen atoms in total. The molecule has 1 rings (SSSR count). The summed E-state index contributed by atoms with van der Waals surface area (Å²) in [5, 5.41) is 2.97. The van der Waals surface area contributed by atoms with E-state index in [9.17, 15) is 0 Å². The summed E-state index contributed by atoms with van der Waals surface area (Å²) in [6.07, 6.45) is 0. The molecule has 0 aliphatic heterocycles. The topological polar surface area (TPSA) is 24.5 Å². The van der Waals surface area contributed by atoms with Gasteiger partial charge in [-0.1, -0.05) is 0 Å². The van der Waals surface area contributed by atoms with E-state index in [0.29, 0.717) is 0 Å². The number of hydrogen-bond acceptors (Lipinski definition) is 4. The molecule has 1 heterocycles. The standard InChI is InChI=1S/C7H12N2OS.ClH/c1-6-4-5-7(11-6)9(2)8-10-3;/h4-5,8H,1-3H3;1H. The van der Waals surface area contributed by atoms with Gasteiger partial charge in [-0.05, 0) is 19.1 Å². The lowest BCUT2D eigenvalue weighted by atomic mass is 10.5. The normalized spacial score (nSPS) is 9.25. The lowest BCUT2D eigenvalue weighted by Gasteiger charge is -2.15. The highest BCUT2D eigenvalue weighted by atomic mass is 35.5. The molecule has 0 saturated heterocycles. The lowest BCUT2D eigenvalue weighted by molar-refractivity contribution is 0.0877. The van der Waals surface area contributed by atoms with Gasteiger partial charge in [-0.2, -0.15) is 0 Å². The van der Waals surface area contributed by atoms with Gasteiger partial charge in [0.25, 0.3) is 0 Å². The zero-order valence-corrected chi connectivity index (χ0v) is 8.96.